The zero-order valence-electron chi connectivity index (χ0n) is 17.4. The fraction of sp³-hybridized carbons (Fsp3) is 0.348. The average Bonchev–Trinajstić information content (AvgIpc) is 3.12. The van der Waals surface area contributed by atoms with Crippen LogP contribution in [0.1, 0.15) is 36.8 Å². The van der Waals surface area contributed by atoms with Crippen LogP contribution in [0, 0.1) is 12.3 Å². The van der Waals surface area contributed by atoms with Crippen molar-refractivity contribution in [3.8, 4) is 23.6 Å². The van der Waals surface area contributed by atoms with Crippen molar-refractivity contribution in [2.24, 2.45) is 0 Å². The van der Waals surface area contributed by atoms with E-state index in [4.69, 9.17) is 15.9 Å². The highest BCUT2D eigenvalue weighted by atomic mass is 16.6. The van der Waals surface area contributed by atoms with Crippen molar-refractivity contribution in [1.29, 1.82) is 0 Å². The lowest BCUT2D eigenvalue weighted by Crippen LogP contribution is -2.36. The van der Waals surface area contributed by atoms with Gasteiger partial charge in [0.05, 0.1) is 30.7 Å². The molecule has 0 radical (unpaired) electrons. The van der Waals surface area contributed by atoms with E-state index in [9.17, 15) is 4.79 Å². The molecular weight excluding hydrogens is 380 g/mol. The Morgan fingerprint density at radius 2 is 1.87 bits per heavy atom. The number of hydrogen-bond acceptors (Lipinski definition) is 6. The van der Waals surface area contributed by atoms with Gasteiger partial charge < -0.3 is 14.4 Å². The minimum atomic E-state index is -0.548. The third-order valence-electron chi connectivity index (χ3n) is 4.78. The van der Waals surface area contributed by atoms with Gasteiger partial charge in [-0.05, 0) is 44.9 Å². The maximum Gasteiger partial charge on any atom is 0.338 e. The topological polar surface area (TPSA) is 69.0 Å². The van der Waals surface area contributed by atoms with Gasteiger partial charge in [-0.15, -0.1) is 6.42 Å². The third kappa shape index (κ3) is 3.87. The van der Waals surface area contributed by atoms with E-state index in [-0.39, 0.29) is 5.97 Å². The van der Waals surface area contributed by atoms with Crippen LogP contribution < -0.4 is 4.90 Å². The molecule has 2 aromatic heterocycles. The fourth-order valence-corrected chi connectivity index (χ4v) is 3.45. The van der Waals surface area contributed by atoms with Gasteiger partial charge in [-0.1, -0.05) is 12.1 Å². The predicted molar refractivity (Wildman–Crippen MR) is 115 cm³/mol. The van der Waals surface area contributed by atoms with Gasteiger partial charge in [0, 0.05) is 18.7 Å². The van der Waals surface area contributed by atoms with Crippen LogP contribution >= 0.6 is 0 Å². The zero-order valence-corrected chi connectivity index (χ0v) is 17.4. The van der Waals surface area contributed by atoms with Gasteiger partial charge in [0.25, 0.3) is 0 Å². The first-order valence-corrected chi connectivity index (χ1v) is 9.88. The number of fused-ring (bicyclic) bond motifs is 1. The molecule has 1 fully saturated rings. The van der Waals surface area contributed by atoms with E-state index in [1.807, 2.05) is 39.0 Å². The maximum atomic E-state index is 12.3. The number of anilines is 1. The Morgan fingerprint density at radius 3 is 2.50 bits per heavy atom. The summed E-state index contributed by atoms with van der Waals surface area (Å²) < 4.78 is 12.7. The lowest BCUT2D eigenvalue weighted by atomic mass is 10.1. The van der Waals surface area contributed by atoms with Gasteiger partial charge in [0.15, 0.2) is 5.65 Å². The highest BCUT2D eigenvalue weighted by molar-refractivity contribution is 5.90. The van der Waals surface area contributed by atoms with Crippen molar-refractivity contribution in [2.45, 2.75) is 26.4 Å². The highest BCUT2D eigenvalue weighted by Crippen LogP contribution is 2.29. The third-order valence-corrected chi connectivity index (χ3v) is 4.78. The Kier molecular flexibility index (Phi) is 5.18. The van der Waals surface area contributed by atoms with E-state index in [2.05, 4.69) is 20.9 Å². The Bertz CT molecular complexity index is 1110. The largest absolute Gasteiger partial charge is 0.456 e. The van der Waals surface area contributed by atoms with Gasteiger partial charge in [0.1, 0.15) is 17.0 Å². The molecule has 0 atom stereocenters. The number of esters is 1. The van der Waals surface area contributed by atoms with Crippen LogP contribution in [0.25, 0.3) is 16.9 Å². The molecule has 3 heterocycles. The average molecular weight is 404 g/mol. The molecule has 7 heteroatoms. The number of aromatic nitrogens is 3. The Labute approximate surface area is 175 Å². The molecule has 1 saturated heterocycles. The van der Waals surface area contributed by atoms with Gasteiger partial charge in [-0.3, -0.25) is 0 Å². The molecule has 1 aliphatic rings. The van der Waals surface area contributed by atoms with E-state index in [0.717, 1.165) is 30.0 Å². The standard InChI is InChI=1S/C23H24N4O3/c1-5-18-20(16-6-8-17(9-7-16)22(28)30-23(2,3)4)27-21(25-18)19(10-11-24-27)26-12-14-29-15-13-26/h1,6-11H,12-15H2,2-4H3. The van der Waals surface area contributed by atoms with E-state index in [1.54, 1.807) is 22.8 Å². The summed E-state index contributed by atoms with van der Waals surface area (Å²) in [5, 5.41) is 4.50. The first kappa shape index (κ1) is 19.9. The lowest BCUT2D eigenvalue weighted by molar-refractivity contribution is 0.00695. The van der Waals surface area contributed by atoms with Crippen molar-refractivity contribution in [3.05, 3.63) is 47.8 Å². The molecule has 0 aliphatic carbocycles. The second-order valence-electron chi connectivity index (χ2n) is 8.08. The molecule has 3 aromatic rings. The Balaban J connectivity index is 1.74. The van der Waals surface area contributed by atoms with Crippen molar-refractivity contribution < 1.29 is 14.3 Å². The van der Waals surface area contributed by atoms with Crippen LogP contribution in [-0.2, 0) is 9.47 Å². The summed E-state index contributed by atoms with van der Waals surface area (Å²) in [5.41, 5.74) is 3.67. The summed E-state index contributed by atoms with van der Waals surface area (Å²) in [6, 6.07) is 9.09. The first-order chi connectivity index (χ1) is 14.4. The number of carbonyl (C=O) groups is 1. The molecule has 0 unspecified atom stereocenters. The van der Waals surface area contributed by atoms with Crippen LogP contribution in [0.2, 0.25) is 0 Å². The SMILES string of the molecule is C#Cc1nc2c(N3CCOCC3)ccnn2c1-c1ccc(C(=O)OC(C)(C)C)cc1. The summed E-state index contributed by atoms with van der Waals surface area (Å²) in [6.45, 7) is 8.46. The smallest absolute Gasteiger partial charge is 0.338 e. The first-order valence-electron chi connectivity index (χ1n) is 9.88. The Morgan fingerprint density at radius 1 is 1.17 bits per heavy atom. The molecule has 0 bridgehead atoms. The molecule has 0 spiro atoms. The van der Waals surface area contributed by atoms with Crippen molar-refractivity contribution in [1.82, 2.24) is 14.6 Å². The van der Waals surface area contributed by atoms with Crippen LogP contribution in [0.5, 0.6) is 0 Å². The van der Waals surface area contributed by atoms with Crippen LogP contribution in [0.3, 0.4) is 0 Å². The summed E-state index contributed by atoms with van der Waals surface area (Å²) in [7, 11) is 0. The predicted octanol–water partition coefficient (Wildman–Crippen LogP) is 3.17. The van der Waals surface area contributed by atoms with E-state index in [1.165, 1.54) is 0 Å². The number of nitrogens with zero attached hydrogens (tertiary/aromatic N) is 4. The Hall–Kier alpha value is -3.37. The van der Waals surface area contributed by atoms with Crippen molar-refractivity contribution >= 4 is 17.3 Å². The minimum Gasteiger partial charge on any atom is -0.456 e. The molecule has 0 N–H and O–H groups in total. The zero-order chi connectivity index (χ0) is 21.3. The number of carbonyl (C=O) groups excluding carboxylic acids is 1. The van der Waals surface area contributed by atoms with Gasteiger partial charge in [-0.2, -0.15) is 5.10 Å². The highest BCUT2D eigenvalue weighted by Gasteiger charge is 2.22. The molecule has 1 aromatic carbocycles. The van der Waals surface area contributed by atoms with Crippen molar-refractivity contribution in [2.75, 3.05) is 31.2 Å². The molecule has 154 valence electrons. The second-order valence-corrected chi connectivity index (χ2v) is 8.08. The summed E-state index contributed by atoms with van der Waals surface area (Å²) >= 11 is 0. The molecule has 7 nitrogen and oxygen atoms in total. The maximum absolute atomic E-state index is 12.3. The van der Waals surface area contributed by atoms with Gasteiger partial charge in [0.2, 0.25) is 0 Å². The fourth-order valence-electron chi connectivity index (χ4n) is 3.45. The van der Waals surface area contributed by atoms with Crippen LogP contribution in [0.15, 0.2) is 36.5 Å². The quantitative estimate of drug-likeness (QED) is 0.493. The molecule has 4 rings (SSSR count). The number of hydrogen-bond donors (Lipinski definition) is 0. The van der Waals surface area contributed by atoms with E-state index >= 15 is 0 Å². The second kappa shape index (κ2) is 7.81. The number of terminal acetylenes is 1. The number of rotatable bonds is 3. The van der Waals surface area contributed by atoms with Gasteiger partial charge in [-0.25, -0.2) is 14.3 Å². The summed E-state index contributed by atoms with van der Waals surface area (Å²) in [5.74, 6) is 2.31. The molecule has 0 amide bonds. The number of morpholine rings is 1. The van der Waals surface area contributed by atoms with Crippen molar-refractivity contribution in [3.63, 3.8) is 0 Å². The normalized spacial score (nSPS) is 14.5. The van der Waals surface area contributed by atoms with Crippen LogP contribution in [-0.4, -0.2) is 52.5 Å². The van der Waals surface area contributed by atoms with E-state index < -0.39 is 5.60 Å². The van der Waals surface area contributed by atoms with Gasteiger partial charge >= 0.3 is 5.97 Å². The molecule has 30 heavy (non-hydrogen) atoms. The summed E-state index contributed by atoms with van der Waals surface area (Å²) in [4.78, 5) is 19.2. The lowest BCUT2D eigenvalue weighted by Gasteiger charge is -2.28. The van der Waals surface area contributed by atoms with Crippen LogP contribution in [0.4, 0.5) is 5.69 Å². The molecule has 1 aliphatic heterocycles. The number of imidazole rings is 1. The molecular formula is C23H24N4O3. The summed E-state index contributed by atoms with van der Waals surface area (Å²) in [6.07, 6.45) is 7.51. The minimum absolute atomic E-state index is 0.364. The number of ether oxygens (including phenoxy) is 2. The van der Waals surface area contributed by atoms with E-state index in [0.29, 0.717) is 30.1 Å². The molecule has 0 saturated carbocycles. The monoisotopic (exact) mass is 404 g/mol. The number of benzene rings is 1.